The van der Waals surface area contributed by atoms with Crippen LogP contribution >= 0.6 is 0 Å². The van der Waals surface area contributed by atoms with E-state index < -0.39 is 11.9 Å². The maximum Gasteiger partial charge on any atom is 0.329 e. The van der Waals surface area contributed by atoms with E-state index in [-0.39, 0.29) is 35.6 Å². The molecule has 55 heavy (non-hydrogen) atoms. The smallest absolute Gasteiger partial charge is 0.329 e. The highest BCUT2D eigenvalue weighted by Gasteiger charge is 2.42. The number of hydrogen-bond acceptors (Lipinski definition) is 12. The lowest BCUT2D eigenvalue weighted by atomic mass is 10.1. The van der Waals surface area contributed by atoms with Crippen LogP contribution < -0.4 is 27.1 Å². The van der Waals surface area contributed by atoms with Gasteiger partial charge in [-0.1, -0.05) is 30.3 Å². The molecular formula is C40H46N10O5. The molecule has 2 amide bonds. The summed E-state index contributed by atoms with van der Waals surface area (Å²) in [6, 6.07) is 18.1. The summed E-state index contributed by atoms with van der Waals surface area (Å²) in [5, 5.41) is 19.8. The Bertz CT molecular complexity index is 2240. The fourth-order valence-corrected chi connectivity index (χ4v) is 7.89. The summed E-state index contributed by atoms with van der Waals surface area (Å²) in [7, 11) is 1.70. The van der Waals surface area contributed by atoms with Crippen molar-refractivity contribution < 1.29 is 19.5 Å². The van der Waals surface area contributed by atoms with Gasteiger partial charge >= 0.3 is 5.69 Å². The van der Waals surface area contributed by atoms with Crippen LogP contribution in [0.3, 0.4) is 0 Å². The zero-order valence-corrected chi connectivity index (χ0v) is 30.8. The maximum atomic E-state index is 13.2. The first kappa shape index (κ1) is 37.2. The van der Waals surface area contributed by atoms with Gasteiger partial charge in [-0.3, -0.25) is 33.8 Å². The van der Waals surface area contributed by atoms with E-state index in [2.05, 4.69) is 30.5 Å². The quantitative estimate of drug-likeness (QED) is 0.0268. The number of nitrogens with zero attached hydrogens (tertiary/aromatic N) is 7. The first-order valence-corrected chi connectivity index (χ1v) is 18.7. The molecule has 2 aromatic carbocycles. The minimum absolute atomic E-state index is 0.0144. The number of benzene rings is 2. The molecule has 2 bridgehead atoms. The number of imidazole rings is 1. The number of anilines is 1. The Labute approximate surface area is 318 Å². The van der Waals surface area contributed by atoms with Gasteiger partial charge in [0.25, 0.3) is 0 Å². The van der Waals surface area contributed by atoms with Crippen molar-refractivity contribution in [1.82, 2.24) is 29.7 Å². The van der Waals surface area contributed by atoms with Crippen LogP contribution in [0.1, 0.15) is 66.2 Å². The highest BCUT2D eigenvalue weighted by atomic mass is 16.3. The Hall–Kier alpha value is -6.09. The Balaban J connectivity index is 0.851. The van der Waals surface area contributed by atoms with Crippen molar-refractivity contribution in [3.63, 3.8) is 0 Å². The number of aromatic hydroxyl groups is 1. The summed E-state index contributed by atoms with van der Waals surface area (Å²) >= 11 is 0. The average molecular weight is 747 g/mol. The number of unbranched alkanes of at least 4 members (excludes halogenated alkanes) is 1. The van der Waals surface area contributed by atoms with Gasteiger partial charge in [0.2, 0.25) is 11.8 Å². The molecule has 7 rings (SSSR count). The number of hydrogen-bond donors (Lipinski definition) is 4. The number of hydrazone groups is 1. The number of nitrogens with two attached hydrogens (primary N) is 1. The molecule has 286 valence electrons. The highest BCUT2D eigenvalue weighted by Crippen LogP contribution is 2.34. The Morgan fingerprint density at radius 1 is 1.05 bits per heavy atom. The van der Waals surface area contributed by atoms with Crippen molar-refractivity contribution in [3.05, 3.63) is 100 Å². The summed E-state index contributed by atoms with van der Waals surface area (Å²) in [4.78, 5) is 64.0. The molecule has 0 aliphatic carbocycles. The van der Waals surface area contributed by atoms with E-state index in [0.29, 0.717) is 48.8 Å². The molecule has 0 saturated carbocycles. The van der Waals surface area contributed by atoms with Crippen molar-refractivity contribution in [2.75, 3.05) is 24.5 Å². The molecule has 1 unspecified atom stereocenters. The second-order valence-electron chi connectivity index (χ2n) is 14.3. The summed E-state index contributed by atoms with van der Waals surface area (Å²) < 4.78 is 3.07. The molecule has 5 N–H and O–H groups in total. The average Bonchev–Trinajstić information content (AvgIpc) is 3.86. The third-order valence-electron chi connectivity index (χ3n) is 10.7. The fourth-order valence-electron chi connectivity index (χ4n) is 7.89. The molecular weight excluding hydrogens is 701 g/mol. The topological polar surface area (TPSA) is 193 Å². The molecule has 3 fully saturated rings. The van der Waals surface area contributed by atoms with E-state index in [1.54, 1.807) is 36.0 Å². The number of nitrogens with one attached hydrogen (secondary N) is 2. The number of phenolic OH excluding ortho intramolecular Hbond substituents is 1. The van der Waals surface area contributed by atoms with Crippen molar-refractivity contribution in [2.45, 2.75) is 69.7 Å². The van der Waals surface area contributed by atoms with Gasteiger partial charge in [-0.15, -0.1) is 0 Å². The number of carbonyl (C=O) groups excluding carboxylic acids is 3. The van der Waals surface area contributed by atoms with Gasteiger partial charge in [0.05, 0.1) is 34.5 Å². The molecule has 0 radical (unpaired) electrons. The first-order chi connectivity index (χ1) is 26.7. The highest BCUT2D eigenvalue weighted by molar-refractivity contribution is 6.30. The third kappa shape index (κ3) is 8.06. The van der Waals surface area contributed by atoms with Crippen LogP contribution in [0.5, 0.6) is 5.75 Å². The number of fused-ring (bicyclic) bond motifs is 3. The minimum Gasteiger partial charge on any atom is -0.507 e. The zero-order chi connectivity index (χ0) is 38.5. The number of ketones is 1. The number of allylic oxidation sites excluding steroid dienone is 1. The Kier molecular flexibility index (Phi) is 11.2. The predicted molar refractivity (Wildman–Crippen MR) is 210 cm³/mol. The molecule has 15 nitrogen and oxygen atoms in total. The van der Waals surface area contributed by atoms with Crippen LogP contribution in [0.2, 0.25) is 0 Å². The lowest BCUT2D eigenvalue weighted by Crippen LogP contribution is -2.44. The van der Waals surface area contributed by atoms with Crippen LogP contribution in [-0.4, -0.2) is 85.4 Å². The maximum absolute atomic E-state index is 13.2. The summed E-state index contributed by atoms with van der Waals surface area (Å²) in [5.41, 5.74) is 3.96. The number of para-hydroxylation sites is 2. The number of likely N-dealkylation sites (tertiary alicyclic amines) is 1. The minimum atomic E-state index is -0.717. The van der Waals surface area contributed by atoms with Gasteiger partial charge < -0.3 is 26.1 Å². The van der Waals surface area contributed by atoms with Crippen LogP contribution in [0.15, 0.2) is 87.8 Å². The molecule has 15 heteroatoms. The number of carbonyl (C=O) groups is 3. The van der Waals surface area contributed by atoms with E-state index in [1.165, 1.54) is 16.7 Å². The molecule has 3 saturated heterocycles. The zero-order valence-electron chi connectivity index (χ0n) is 30.8. The normalized spacial score (nSPS) is 20.1. The van der Waals surface area contributed by atoms with Gasteiger partial charge in [0, 0.05) is 63.7 Å². The Morgan fingerprint density at radius 3 is 2.67 bits per heavy atom. The van der Waals surface area contributed by atoms with Gasteiger partial charge in [-0.2, -0.15) is 5.10 Å². The number of phenols is 1. The summed E-state index contributed by atoms with van der Waals surface area (Å²) in [5.74, 6) is 5.62. The number of aromatic nitrogens is 3. The van der Waals surface area contributed by atoms with Gasteiger partial charge in [-0.25, -0.2) is 9.78 Å². The fraction of sp³-hybridized carbons (Fsp3) is 0.375. The van der Waals surface area contributed by atoms with Crippen LogP contribution in [0.4, 0.5) is 5.82 Å². The first-order valence-electron chi connectivity index (χ1n) is 18.7. The van der Waals surface area contributed by atoms with E-state index >= 15 is 0 Å². The standard InChI is InChI=1S/C40H46N10O5/c1-47-38-26(8-6-12-32(38)50(40(47)55)33-15-16-37(53)45-39(33)54)21-42-18-5-4-9-28(46-41)23-43-22-27-10-7-14-36(44-27)49-25-29-20-30(49)24-48(29)19-17-35(52)31-11-2-3-13-34(31)51/h2-3,6-8,10-14,17,19,23,29-30,33,42,51H,4-5,9,15-16,18,20-22,24-25,41H2,1H3,(H,45,53,54)/b19-17+,43-23?,46-28-/t29-,30-,33?/m1/s1. The molecule has 3 atom stereocenters. The van der Waals surface area contributed by atoms with Crippen LogP contribution in [-0.2, 0) is 29.7 Å². The van der Waals surface area contributed by atoms with Crippen LogP contribution in [0.25, 0.3) is 11.0 Å². The Morgan fingerprint density at radius 2 is 1.89 bits per heavy atom. The molecule has 0 spiro atoms. The van der Waals surface area contributed by atoms with Crippen molar-refractivity contribution in [2.24, 2.45) is 23.0 Å². The lowest BCUT2D eigenvalue weighted by molar-refractivity contribution is -0.135. The number of rotatable bonds is 15. The molecule has 5 heterocycles. The van der Waals surface area contributed by atoms with Crippen LogP contribution in [0, 0.1) is 0 Å². The van der Waals surface area contributed by atoms with Gasteiger partial charge in [0.15, 0.2) is 5.78 Å². The number of piperidine rings is 1. The molecule has 3 aliphatic rings. The summed E-state index contributed by atoms with van der Waals surface area (Å²) in [6.45, 7) is 3.30. The van der Waals surface area contributed by atoms with E-state index in [0.717, 1.165) is 61.5 Å². The van der Waals surface area contributed by atoms with E-state index in [4.69, 9.17) is 10.8 Å². The number of aryl methyl sites for hydroxylation is 1. The third-order valence-corrected chi connectivity index (χ3v) is 10.7. The predicted octanol–water partition coefficient (Wildman–Crippen LogP) is 2.92. The number of aliphatic imine (C=N–C) groups is 1. The monoisotopic (exact) mass is 746 g/mol. The number of pyridine rings is 1. The number of piperazine rings is 1. The second kappa shape index (κ2) is 16.5. The number of imide groups is 1. The van der Waals surface area contributed by atoms with Crippen molar-refractivity contribution in [3.8, 4) is 5.75 Å². The molecule has 2 aromatic heterocycles. The lowest BCUT2D eigenvalue weighted by Gasteiger charge is -2.34. The molecule has 4 aromatic rings. The van der Waals surface area contributed by atoms with E-state index in [9.17, 15) is 24.3 Å². The van der Waals surface area contributed by atoms with E-state index in [1.807, 2.05) is 42.6 Å². The summed E-state index contributed by atoms with van der Waals surface area (Å²) in [6.07, 6.45) is 8.99. The van der Waals surface area contributed by atoms with Gasteiger partial charge in [-0.05, 0) is 74.5 Å². The number of amides is 2. The van der Waals surface area contributed by atoms with Crippen molar-refractivity contribution >= 4 is 46.4 Å². The van der Waals surface area contributed by atoms with Gasteiger partial charge in [0.1, 0.15) is 17.6 Å². The van der Waals surface area contributed by atoms with Crippen molar-refractivity contribution in [1.29, 1.82) is 0 Å². The molecule has 3 aliphatic heterocycles. The SMILES string of the molecule is Cn1c(=O)n(C2CCC(=O)NC2=O)c2cccc(CNCCCC/C(C=NCc3cccc(N4C[C@H]5C[C@@H]4CN5/C=C/C(=O)c4ccccc4O)n3)=N/N)c21. The largest absolute Gasteiger partial charge is 0.507 e. The second-order valence-corrected chi connectivity index (χ2v) is 14.3.